The summed E-state index contributed by atoms with van der Waals surface area (Å²) in [5.41, 5.74) is 1.80. The lowest BCUT2D eigenvalue weighted by Crippen LogP contribution is -2.36. The highest BCUT2D eigenvalue weighted by Crippen LogP contribution is 2.40. The Kier molecular flexibility index (Phi) is 6.20. The highest BCUT2D eigenvalue weighted by molar-refractivity contribution is 6.37. The van der Waals surface area contributed by atoms with Crippen molar-refractivity contribution in [2.45, 2.75) is 57.0 Å². The number of hydrogen-bond donors (Lipinski definition) is 0. The Bertz CT molecular complexity index is 1140. The summed E-state index contributed by atoms with van der Waals surface area (Å²) in [5, 5.41) is 1.83. The highest BCUT2D eigenvalue weighted by Gasteiger charge is 2.39. The number of nitrogens with zero attached hydrogens (tertiary/aromatic N) is 3. The third-order valence-electron chi connectivity index (χ3n) is 6.43. The zero-order chi connectivity index (χ0) is 22.2. The van der Waals surface area contributed by atoms with Gasteiger partial charge in [-0.2, -0.15) is 0 Å². The lowest BCUT2D eigenvalue weighted by Gasteiger charge is -2.27. The van der Waals surface area contributed by atoms with Crippen LogP contribution >= 0.6 is 34.8 Å². The molecule has 0 saturated heterocycles. The van der Waals surface area contributed by atoms with Gasteiger partial charge in [-0.25, -0.2) is 4.98 Å². The molecular formula is C25H24Cl3N3O. The van der Waals surface area contributed by atoms with Gasteiger partial charge in [0.05, 0.1) is 17.3 Å². The first kappa shape index (κ1) is 21.8. The summed E-state index contributed by atoms with van der Waals surface area (Å²) in [6.45, 7) is 2.13. The topological polar surface area (TPSA) is 41.6 Å². The molecule has 3 aromatic rings. The fourth-order valence-electron chi connectivity index (χ4n) is 4.74. The number of aromatic nitrogens is 1. The SMILES string of the molecule is CC1C(c2ncc(C3CCCCC3)o2)N=C(c2ccc(Cl)cc2Cl)N1c1ccc(Cl)cc1. The van der Waals surface area contributed by atoms with Gasteiger partial charge in [0.25, 0.3) is 0 Å². The molecule has 4 nitrogen and oxygen atoms in total. The van der Waals surface area contributed by atoms with E-state index in [1.807, 2.05) is 42.6 Å². The molecule has 0 bridgehead atoms. The van der Waals surface area contributed by atoms with Crippen molar-refractivity contribution >= 4 is 46.3 Å². The van der Waals surface area contributed by atoms with Crippen LogP contribution in [0.25, 0.3) is 0 Å². The van der Waals surface area contributed by atoms with Gasteiger partial charge in [0, 0.05) is 27.2 Å². The van der Waals surface area contributed by atoms with E-state index in [4.69, 9.17) is 44.2 Å². The Morgan fingerprint density at radius 2 is 1.66 bits per heavy atom. The van der Waals surface area contributed by atoms with Crippen LogP contribution in [0.3, 0.4) is 0 Å². The lowest BCUT2D eigenvalue weighted by atomic mass is 9.88. The van der Waals surface area contributed by atoms with Crippen LogP contribution in [0.15, 0.2) is 58.1 Å². The second kappa shape index (κ2) is 9.09. The molecule has 2 heterocycles. The molecule has 1 fully saturated rings. The highest BCUT2D eigenvalue weighted by atomic mass is 35.5. The van der Waals surface area contributed by atoms with E-state index in [1.165, 1.54) is 32.1 Å². The second-order valence-corrected chi connectivity index (χ2v) is 9.82. The van der Waals surface area contributed by atoms with Crippen molar-refractivity contribution in [1.82, 2.24) is 4.98 Å². The van der Waals surface area contributed by atoms with E-state index in [-0.39, 0.29) is 12.1 Å². The molecule has 1 saturated carbocycles. The van der Waals surface area contributed by atoms with Crippen molar-refractivity contribution in [1.29, 1.82) is 0 Å². The largest absolute Gasteiger partial charge is 0.443 e. The Labute approximate surface area is 203 Å². The molecule has 0 N–H and O–H groups in total. The fourth-order valence-corrected chi connectivity index (χ4v) is 5.36. The smallest absolute Gasteiger partial charge is 0.221 e. The molecule has 5 rings (SSSR count). The lowest BCUT2D eigenvalue weighted by molar-refractivity contribution is 0.345. The number of aliphatic imine (C=N–C) groups is 1. The molecule has 0 spiro atoms. The second-order valence-electron chi connectivity index (χ2n) is 8.54. The van der Waals surface area contributed by atoms with Gasteiger partial charge in [-0.05, 0) is 62.2 Å². The van der Waals surface area contributed by atoms with Crippen LogP contribution in [0.2, 0.25) is 15.1 Å². The molecule has 2 aromatic carbocycles. The molecule has 0 amide bonds. The maximum absolute atomic E-state index is 6.58. The first-order valence-corrected chi connectivity index (χ1v) is 12.2. The van der Waals surface area contributed by atoms with Crippen LogP contribution in [0.5, 0.6) is 0 Å². The maximum atomic E-state index is 6.58. The molecule has 7 heteroatoms. The number of rotatable bonds is 4. The van der Waals surface area contributed by atoms with Crippen LogP contribution in [0.4, 0.5) is 5.69 Å². The Balaban J connectivity index is 1.54. The standard InChI is InChI=1S/C25H24Cl3N3O/c1-15-23(25-29-14-22(32-25)16-5-3-2-4-6-16)30-24(20-12-9-18(27)13-21(20)28)31(15)19-10-7-17(26)8-11-19/h7-16,23H,2-6H2,1H3. The van der Waals surface area contributed by atoms with E-state index >= 15 is 0 Å². The van der Waals surface area contributed by atoms with Gasteiger partial charge in [0.15, 0.2) is 0 Å². The molecule has 0 radical (unpaired) electrons. The average Bonchev–Trinajstić information content (AvgIpc) is 3.40. The minimum atomic E-state index is -0.246. The zero-order valence-corrected chi connectivity index (χ0v) is 20.0. The van der Waals surface area contributed by atoms with Gasteiger partial charge in [0.1, 0.15) is 17.6 Å². The molecule has 2 aliphatic rings. The zero-order valence-electron chi connectivity index (χ0n) is 17.8. The summed E-state index contributed by atoms with van der Waals surface area (Å²) >= 11 is 18.9. The number of benzene rings is 2. The van der Waals surface area contributed by atoms with E-state index < -0.39 is 0 Å². The minimum Gasteiger partial charge on any atom is -0.443 e. The summed E-state index contributed by atoms with van der Waals surface area (Å²) in [6.07, 6.45) is 8.04. The predicted octanol–water partition coefficient (Wildman–Crippen LogP) is 8.08. The van der Waals surface area contributed by atoms with Crippen LogP contribution in [-0.4, -0.2) is 16.9 Å². The van der Waals surface area contributed by atoms with Crippen molar-refractivity contribution in [2.24, 2.45) is 4.99 Å². The summed E-state index contributed by atoms with van der Waals surface area (Å²) in [4.78, 5) is 11.9. The normalized spacial score (nSPS) is 21.8. The number of halogens is 3. The van der Waals surface area contributed by atoms with Gasteiger partial charge in [-0.3, -0.25) is 4.99 Å². The molecular weight excluding hydrogens is 465 g/mol. The maximum Gasteiger partial charge on any atom is 0.221 e. The summed E-state index contributed by atoms with van der Waals surface area (Å²) in [7, 11) is 0. The van der Waals surface area contributed by atoms with Crippen molar-refractivity contribution < 1.29 is 4.42 Å². The quantitative estimate of drug-likeness (QED) is 0.373. The number of oxazole rings is 1. The molecule has 2 unspecified atom stereocenters. The third-order valence-corrected chi connectivity index (χ3v) is 7.23. The van der Waals surface area contributed by atoms with E-state index in [2.05, 4.69) is 16.8 Å². The number of hydrogen-bond acceptors (Lipinski definition) is 4. The Morgan fingerprint density at radius 1 is 0.938 bits per heavy atom. The minimum absolute atomic E-state index is 0.0178. The number of amidine groups is 1. The molecule has 1 aliphatic heterocycles. The van der Waals surface area contributed by atoms with E-state index in [9.17, 15) is 0 Å². The van der Waals surface area contributed by atoms with Crippen LogP contribution in [0, 0.1) is 0 Å². The summed E-state index contributed by atoms with van der Waals surface area (Å²) in [6, 6.07) is 13.0. The molecule has 1 aliphatic carbocycles. The molecule has 1 aromatic heterocycles. The van der Waals surface area contributed by atoms with Crippen molar-refractivity contribution in [2.75, 3.05) is 4.90 Å². The van der Waals surface area contributed by atoms with Crippen LogP contribution < -0.4 is 4.90 Å². The van der Waals surface area contributed by atoms with Crippen molar-refractivity contribution in [3.63, 3.8) is 0 Å². The van der Waals surface area contributed by atoms with E-state index in [0.29, 0.717) is 26.9 Å². The Morgan fingerprint density at radius 3 is 2.38 bits per heavy atom. The monoisotopic (exact) mass is 487 g/mol. The van der Waals surface area contributed by atoms with Crippen LogP contribution in [-0.2, 0) is 0 Å². The first-order chi connectivity index (χ1) is 15.5. The number of anilines is 1. The van der Waals surface area contributed by atoms with Gasteiger partial charge >= 0.3 is 0 Å². The van der Waals surface area contributed by atoms with E-state index in [1.54, 1.807) is 6.07 Å². The molecule has 166 valence electrons. The van der Waals surface area contributed by atoms with Crippen LogP contribution in [0.1, 0.15) is 68.2 Å². The van der Waals surface area contributed by atoms with Gasteiger partial charge < -0.3 is 9.32 Å². The van der Waals surface area contributed by atoms with Gasteiger partial charge in [0.2, 0.25) is 5.89 Å². The summed E-state index contributed by atoms with van der Waals surface area (Å²) in [5.74, 6) is 2.86. The summed E-state index contributed by atoms with van der Waals surface area (Å²) < 4.78 is 6.29. The Hall–Kier alpha value is -2.01. The van der Waals surface area contributed by atoms with E-state index in [0.717, 1.165) is 22.8 Å². The average molecular weight is 489 g/mol. The predicted molar refractivity (Wildman–Crippen MR) is 131 cm³/mol. The van der Waals surface area contributed by atoms with Gasteiger partial charge in [-0.1, -0.05) is 54.1 Å². The third kappa shape index (κ3) is 4.16. The molecule has 32 heavy (non-hydrogen) atoms. The first-order valence-electron chi connectivity index (χ1n) is 11.0. The van der Waals surface area contributed by atoms with Gasteiger partial charge in [-0.15, -0.1) is 0 Å². The van der Waals surface area contributed by atoms with Crippen molar-refractivity contribution in [3.05, 3.63) is 80.9 Å². The van der Waals surface area contributed by atoms with Crippen molar-refractivity contribution in [3.8, 4) is 0 Å². The fraction of sp³-hybridized carbons (Fsp3) is 0.360. The molecule has 2 atom stereocenters.